The van der Waals surface area contributed by atoms with Gasteiger partial charge in [0, 0.05) is 18.9 Å². The lowest BCUT2D eigenvalue weighted by molar-refractivity contribution is -0.139. The van der Waals surface area contributed by atoms with Gasteiger partial charge in [-0.05, 0) is 31.2 Å². The van der Waals surface area contributed by atoms with Crippen molar-refractivity contribution in [2.24, 2.45) is 5.92 Å². The molecule has 2 unspecified atom stereocenters. The lowest BCUT2D eigenvalue weighted by atomic mass is 9.80. The Morgan fingerprint density at radius 2 is 1.34 bits per heavy atom. The van der Waals surface area contributed by atoms with E-state index in [0.717, 1.165) is 24.9 Å². The lowest BCUT2D eigenvalue weighted by Crippen LogP contribution is -2.47. The fraction of sp³-hybridized carbons (Fsp3) is 0.758. The minimum Gasteiger partial charge on any atom is -0.480 e. The van der Waals surface area contributed by atoms with Crippen LogP contribution in [0.4, 0.5) is 0 Å². The first-order valence-corrected chi connectivity index (χ1v) is 15.9. The molecular weight excluding hydrogens is 472 g/mol. The first-order valence-electron chi connectivity index (χ1n) is 15.9. The number of carbonyl (C=O) groups excluding carboxylic acids is 1. The third-order valence-corrected chi connectivity index (χ3v) is 7.61. The average molecular weight is 531 g/mol. The maximum Gasteiger partial charge on any atom is 0.322 e. The SMILES string of the molecule is CCCCCCCCC1CCC1=O.CCCCCCCCCCCCNNC(Cc1ccccc1)C(=O)O. The van der Waals surface area contributed by atoms with Crippen LogP contribution in [0.5, 0.6) is 0 Å². The van der Waals surface area contributed by atoms with Crippen molar-refractivity contribution in [3.63, 3.8) is 0 Å². The number of hydrogen-bond donors (Lipinski definition) is 3. The highest BCUT2D eigenvalue weighted by molar-refractivity contribution is 5.86. The predicted molar refractivity (Wildman–Crippen MR) is 160 cm³/mol. The van der Waals surface area contributed by atoms with Crippen LogP contribution >= 0.6 is 0 Å². The van der Waals surface area contributed by atoms with Crippen LogP contribution in [-0.2, 0) is 16.0 Å². The van der Waals surface area contributed by atoms with Gasteiger partial charge in [0.15, 0.2) is 0 Å². The zero-order valence-corrected chi connectivity index (χ0v) is 24.7. The monoisotopic (exact) mass is 530 g/mol. The van der Waals surface area contributed by atoms with Crippen LogP contribution in [0, 0.1) is 5.92 Å². The third kappa shape index (κ3) is 18.5. The van der Waals surface area contributed by atoms with Crippen molar-refractivity contribution in [3.8, 4) is 0 Å². The minimum atomic E-state index is -0.820. The predicted octanol–water partition coefficient (Wildman–Crippen LogP) is 8.41. The number of rotatable bonds is 23. The van der Waals surface area contributed by atoms with Crippen LogP contribution < -0.4 is 10.9 Å². The van der Waals surface area contributed by atoms with Crippen LogP contribution in [0.15, 0.2) is 30.3 Å². The molecule has 0 bridgehead atoms. The Hall–Kier alpha value is -1.72. The number of ketones is 1. The molecular formula is C33H58N2O3. The highest BCUT2D eigenvalue weighted by Gasteiger charge is 2.26. The molecule has 0 aliphatic heterocycles. The summed E-state index contributed by atoms with van der Waals surface area (Å²) in [5.74, 6) is 0.166. The molecule has 0 saturated heterocycles. The van der Waals surface area contributed by atoms with E-state index in [4.69, 9.17) is 0 Å². The van der Waals surface area contributed by atoms with Gasteiger partial charge >= 0.3 is 5.97 Å². The van der Waals surface area contributed by atoms with Gasteiger partial charge in [-0.25, -0.2) is 5.43 Å². The van der Waals surface area contributed by atoms with Gasteiger partial charge in [0.2, 0.25) is 0 Å². The van der Waals surface area contributed by atoms with Crippen molar-refractivity contribution in [1.29, 1.82) is 0 Å². The van der Waals surface area contributed by atoms with Gasteiger partial charge in [0.05, 0.1) is 0 Å². The lowest BCUT2D eigenvalue weighted by Gasteiger charge is -2.23. The number of unbranched alkanes of at least 4 members (excludes halogenated alkanes) is 14. The van der Waals surface area contributed by atoms with E-state index < -0.39 is 12.0 Å². The summed E-state index contributed by atoms with van der Waals surface area (Å²) in [5, 5.41) is 9.31. The van der Waals surface area contributed by atoms with E-state index in [0.29, 0.717) is 18.1 Å². The molecule has 0 spiro atoms. The Labute approximate surface area is 233 Å². The Bertz CT molecular complexity index is 695. The topological polar surface area (TPSA) is 78.4 Å². The second kappa shape index (κ2) is 24.3. The first-order chi connectivity index (χ1) is 18.6. The highest BCUT2D eigenvalue weighted by Crippen LogP contribution is 2.27. The van der Waals surface area contributed by atoms with Gasteiger partial charge in [-0.15, -0.1) is 0 Å². The first kappa shape index (κ1) is 34.3. The van der Waals surface area contributed by atoms with Crippen LogP contribution in [0.1, 0.15) is 141 Å². The van der Waals surface area contributed by atoms with E-state index >= 15 is 0 Å². The smallest absolute Gasteiger partial charge is 0.322 e. The van der Waals surface area contributed by atoms with Crippen molar-refractivity contribution in [2.45, 2.75) is 148 Å². The van der Waals surface area contributed by atoms with E-state index in [2.05, 4.69) is 24.7 Å². The zero-order chi connectivity index (χ0) is 27.7. The summed E-state index contributed by atoms with van der Waals surface area (Å²) in [4.78, 5) is 22.3. The Morgan fingerprint density at radius 3 is 1.82 bits per heavy atom. The number of carboxylic acids is 1. The van der Waals surface area contributed by atoms with E-state index in [1.54, 1.807) is 0 Å². The maximum atomic E-state index is 11.3. The van der Waals surface area contributed by atoms with Gasteiger partial charge in [-0.1, -0.05) is 140 Å². The molecule has 1 saturated carbocycles. The average Bonchev–Trinajstić information content (AvgIpc) is 2.92. The van der Waals surface area contributed by atoms with Crippen molar-refractivity contribution >= 4 is 11.8 Å². The summed E-state index contributed by atoms with van der Waals surface area (Å²) in [6.45, 7) is 5.31. The van der Waals surface area contributed by atoms with E-state index in [-0.39, 0.29) is 0 Å². The number of benzene rings is 1. The summed E-state index contributed by atoms with van der Waals surface area (Å²) < 4.78 is 0. The van der Waals surface area contributed by atoms with Crippen molar-refractivity contribution in [3.05, 3.63) is 35.9 Å². The normalized spacial score (nSPS) is 15.4. The second-order valence-electron chi connectivity index (χ2n) is 11.1. The van der Waals surface area contributed by atoms with Crippen LogP contribution in [0.3, 0.4) is 0 Å². The molecule has 5 heteroatoms. The minimum absolute atomic E-state index is 0.464. The molecule has 218 valence electrons. The molecule has 0 heterocycles. The standard InChI is InChI=1S/C21H36N2O2.C12H22O/c1-2-3-4-5-6-7-8-9-10-14-17-22-23-20(21(24)25)18-19-15-12-11-13-16-19;1-2-3-4-5-6-7-8-11-9-10-12(11)13/h11-13,15-16,20,22-23H,2-10,14,17-18H2,1H3,(H,24,25);11H,2-10H2,1H3. The Balaban J connectivity index is 0.000000464. The number of aliphatic carboxylic acids is 1. The number of Topliss-reactive ketones (excluding diaryl/α,β-unsaturated/α-hetero) is 1. The molecule has 2 rings (SSSR count). The summed E-state index contributed by atoms with van der Waals surface area (Å²) >= 11 is 0. The number of carbonyl (C=O) groups is 2. The van der Waals surface area contributed by atoms with Crippen molar-refractivity contribution in [1.82, 2.24) is 10.9 Å². The summed E-state index contributed by atoms with van der Waals surface area (Å²) in [6, 6.07) is 9.14. The van der Waals surface area contributed by atoms with Gasteiger partial charge < -0.3 is 5.11 Å². The van der Waals surface area contributed by atoms with Crippen LogP contribution in [-0.4, -0.2) is 29.4 Å². The zero-order valence-electron chi connectivity index (χ0n) is 24.7. The molecule has 0 aromatic heterocycles. The number of hydrogen-bond acceptors (Lipinski definition) is 4. The number of hydrazine groups is 1. The molecule has 0 amide bonds. The maximum absolute atomic E-state index is 11.3. The quantitative estimate of drug-likeness (QED) is 0.0977. The number of carboxylic acid groups (broad SMARTS) is 1. The molecule has 1 fully saturated rings. The molecule has 38 heavy (non-hydrogen) atoms. The largest absolute Gasteiger partial charge is 0.480 e. The Morgan fingerprint density at radius 1 is 0.816 bits per heavy atom. The summed E-state index contributed by atoms with van der Waals surface area (Å²) in [7, 11) is 0. The molecule has 0 radical (unpaired) electrons. The van der Waals surface area contributed by atoms with Gasteiger partial charge in [-0.2, -0.15) is 0 Å². The van der Waals surface area contributed by atoms with E-state index in [1.165, 1.54) is 109 Å². The highest BCUT2D eigenvalue weighted by atomic mass is 16.4. The molecule has 1 aromatic rings. The van der Waals surface area contributed by atoms with Gasteiger partial charge in [0.1, 0.15) is 11.8 Å². The Kier molecular flexibility index (Phi) is 22.0. The number of nitrogens with one attached hydrogen (secondary N) is 2. The summed E-state index contributed by atoms with van der Waals surface area (Å²) in [6.07, 6.45) is 24.9. The van der Waals surface area contributed by atoms with Crippen molar-refractivity contribution in [2.75, 3.05) is 6.54 Å². The van der Waals surface area contributed by atoms with Gasteiger partial charge in [0.25, 0.3) is 0 Å². The molecule has 1 aromatic carbocycles. The van der Waals surface area contributed by atoms with Gasteiger partial charge in [-0.3, -0.25) is 15.0 Å². The molecule has 2 atom stereocenters. The third-order valence-electron chi connectivity index (χ3n) is 7.61. The van der Waals surface area contributed by atoms with Crippen LogP contribution in [0.25, 0.3) is 0 Å². The molecule has 5 nitrogen and oxygen atoms in total. The summed E-state index contributed by atoms with van der Waals surface area (Å²) in [5.41, 5.74) is 7.06. The molecule has 3 N–H and O–H groups in total. The van der Waals surface area contributed by atoms with Crippen molar-refractivity contribution < 1.29 is 14.7 Å². The van der Waals surface area contributed by atoms with E-state index in [1.807, 2.05) is 30.3 Å². The molecule has 1 aliphatic carbocycles. The molecule has 1 aliphatic rings. The second-order valence-corrected chi connectivity index (χ2v) is 11.1. The fourth-order valence-electron chi connectivity index (χ4n) is 4.89. The fourth-order valence-corrected chi connectivity index (χ4v) is 4.89. The van der Waals surface area contributed by atoms with Crippen LogP contribution in [0.2, 0.25) is 0 Å². The van der Waals surface area contributed by atoms with E-state index in [9.17, 15) is 14.7 Å².